The molecule has 0 spiro atoms. The average Bonchev–Trinajstić information content (AvgIpc) is 2.54. The average molecular weight is 348 g/mol. The second-order valence-corrected chi connectivity index (χ2v) is 5.42. The molecule has 0 radical (unpaired) electrons. The van der Waals surface area contributed by atoms with Crippen LogP contribution in [0.1, 0.15) is 26.7 Å². The first kappa shape index (κ1) is 20.1. The van der Waals surface area contributed by atoms with Crippen molar-refractivity contribution in [2.45, 2.75) is 32.9 Å². The molecule has 3 N–H and O–H groups in total. The summed E-state index contributed by atoms with van der Waals surface area (Å²) in [5.74, 6) is -0.228. The number of hydrogen-bond acceptors (Lipinski definition) is 4. The highest BCUT2D eigenvalue weighted by molar-refractivity contribution is 5.95. The Kier molecular flexibility index (Phi) is 6.89. The van der Waals surface area contributed by atoms with E-state index < -0.39 is 18.2 Å². The fourth-order valence-electron chi connectivity index (χ4n) is 2.24. The van der Waals surface area contributed by atoms with Crippen molar-refractivity contribution >= 4 is 11.6 Å². The summed E-state index contributed by atoms with van der Waals surface area (Å²) in [6.07, 6.45) is -3.36. The van der Waals surface area contributed by atoms with Gasteiger partial charge in [-0.2, -0.15) is 13.2 Å². The maximum absolute atomic E-state index is 12.5. The summed E-state index contributed by atoms with van der Waals surface area (Å²) in [4.78, 5) is 12.5. The van der Waals surface area contributed by atoms with E-state index in [-0.39, 0.29) is 24.0 Å². The highest BCUT2D eigenvalue weighted by atomic mass is 19.4. The largest absolute Gasteiger partial charge is 0.493 e. The zero-order chi connectivity index (χ0) is 18.4. The number of ether oxygens (including phenoxy) is 2. The van der Waals surface area contributed by atoms with Crippen LogP contribution >= 0.6 is 0 Å². The van der Waals surface area contributed by atoms with E-state index >= 15 is 0 Å². The Balaban J connectivity index is 2.99. The smallest absolute Gasteiger partial charge is 0.422 e. The van der Waals surface area contributed by atoms with Crippen molar-refractivity contribution in [3.8, 4) is 11.5 Å². The van der Waals surface area contributed by atoms with Crippen molar-refractivity contribution in [3.05, 3.63) is 18.2 Å². The molecule has 0 aliphatic heterocycles. The summed E-state index contributed by atoms with van der Waals surface area (Å²) in [5.41, 5.74) is 5.33. The molecule has 0 saturated heterocycles. The van der Waals surface area contributed by atoms with Gasteiger partial charge in [-0.1, -0.05) is 13.8 Å². The number of nitrogens with two attached hydrogens (primary N) is 1. The first-order valence-electron chi connectivity index (χ1n) is 7.60. The van der Waals surface area contributed by atoms with Crippen molar-refractivity contribution in [2.24, 2.45) is 11.1 Å². The molecule has 0 aliphatic rings. The zero-order valence-corrected chi connectivity index (χ0v) is 14.0. The van der Waals surface area contributed by atoms with Crippen LogP contribution in [0.15, 0.2) is 18.2 Å². The van der Waals surface area contributed by atoms with Gasteiger partial charge in [-0.25, -0.2) is 0 Å². The van der Waals surface area contributed by atoms with E-state index in [9.17, 15) is 18.0 Å². The maximum atomic E-state index is 12.5. The van der Waals surface area contributed by atoms with Gasteiger partial charge in [0.1, 0.15) is 0 Å². The first-order chi connectivity index (χ1) is 11.2. The second-order valence-electron chi connectivity index (χ2n) is 5.42. The van der Waals surface area contributed by atoms with Crippen LogP contribution < -0.4 is 20.5 Å². The Bertz CT molecular complexity index is 550. The molecule has 1 aromatic carbocycles. The number of alkyl halides is 3. The number of hydrogen-bond donors (Lipinski definition) is 2. The lowest BCUT2D eigenvalue weighted by Crippen LogP contribution is -2.41. The SMILES string of the molecule is CCC(CC)(CN)C(=O)Nc1ccc(OC)c(OCC(F)(F)F)c1. The summed E-state index contributed by atoms with van der Waals surface area (Å²) in [7, 11) is 1.32. The minimum Gasteiger partial charge on any atom is -0.493 e. The quantitative estimate of drug-likeness (QED) is 0.756. The van der Waals surface area contributed by atoms with E-state index in [4.69, 9.17) is 15.2 Å². The van der Waals surface area contributed by atoms with E-state index in [2.05, 4.69) is 5.32 Å². The van der Waals surface area contributed by atoms with Crippen LogP contribution in [-0.4, -0.2) is 32.3 Å². The van der Waals surface area contributed by atoms with Gasteiger partial charge in [0, 0.05) is 18.3 Å². The maximum Gasteiger partial charge on any atom is 0.422 e. The third-order valence-corrected chi connectivity index (χ3v) is 4.04. The van der Waals surface area contributed by atoms with Gasteiger partial charge in [0.15, 0.2) is 18.1 Å². The van der Waals surface area contributed by atoms with Crippen molar-refractivity contribution in [2.75, 3.05) is 25.6 Å². The molecule has 8 heteroatoms. The molecule has 136 valence electrons. The first-order valence-corrected chi connectivity index (χ1v) is 7.60. The summed E-state index contributed by atoms with van der Waals surface area (Å²) in [5, 5.41) is 2.69. The van der Waals surface area contributed by atoms with Gasteiger partial charge in [0.2, 0.25) is 5.91 Å². The third kappa shape index (κ3) is 5.02. The number of rotatable bonds is 8. The predicted molar refractivity (Wildman–Crippen MR) is 85.2 cm³/mol. The Labute approximate surface area is 139 Å². The van der Waals surface area contributed by atoms with Crippen molar-refractivity contribution in [1.82, 2.24) is 0 Å². The van der Waals surface area contributed by atoms with Crippen LogP contribution in [0.5, 0.6) is 11.5 Å². The molecule has 0 heterocycles. The van der Waals surface area contributed by atoms with E-state index in [0.29, 0.717) is 18.5 Å². The number of amides is 1. The van der Waals surface area contributed by atoms with E-state index in [1.54, 1.807) is 0 Å². The fourth-order valence-corrected chi connectivity index (χ4v) is 2.24. The van der Waals surface area contributed by atoms with Gasteiger partial charge >= 0.3 is 6.18 Å². The normalized spacial score (nSPS) is 12.0. The molecule has 0 aromatic heterocycles. The van der Waals surface area contributed by atoms with Crippen LogP contribution in [0.2, 0.25) is 0 Å². The van der Waals surface area contributed by atoms with Crippen LogP contribution in [0.3, 0.4) is 0 Å². The van der Waals surface area contributed by atoms with Crippen molar-refractivity contribution < 1.29 is 27.4 Å². The molecule has 0 unspecified atom stereocenters. The van der Waals surface area contributed by atoms with Gasteiger partial charge in [-0.15, -0.1) is 0 Å². The van der Waals surface area contributed by atoms with Crippen LogP contribution in [-0.2, 0) is 4.79 Å². The monoisotopic (exact) mass is 348 g/mol. The van der Waals surface area contributed by atoms with Gasteiger partial charge in [-0.05, 0) is 25.0 Å². The highest BCUT2D eigenvalue weighted by Crippen LogP contribution is 2.33. The fraction of sp³-hybridized carbons (Fsp3) is 0.562. The van der Waals surface area contributed by atoms with Crippen molar-refractivity contribution in [1.29, 1.82) is 0 Å². The molecular weight excluding hydrogens is 325 g/mol. The number of nitrogens with one attached hydrogen (secondary N) is 1. The Morgan fingerprint density at radius 2 is 1.83 bits per heavy atom. The van der Waals surface area contributed by atoms with Crippen LogP contribution in [0.25, 0.3) is 0 Å². The van der Waals surface area contributed by atoms with Gasteiger partial charge < -0.3 is 20.5 Å². The minimum atomic E-state index is -4.47. The lowest BCUT2D eigenvalue weighted by molar-refractivity contribution is -0.153. The molecule has 5 nitrogen and oxygen atoms in total. The summed E-state index contributed by atoms with van der Waals surface area (Å²) in [6, 6.07) is 4.27. The molecule has 0 fully saturated rings. The van der Waals surface area contributed by atoms with Gasteiger partial charge in [0.05, 0.1) is 12.5 Å². The summed E-state index contributed by atoms with van der Waals surface area (Å²) < 4.78 is 46.7. The molecule has 0 atom stereocenters. The van der Waals surface area contributed by atoms with Gasteiger partial charge in [0.25, 0.3) is 0 Å². The minimum absolute atomic E-state index is 0.0982. The topological polar surface area (TPSA) is 73.6 Å². The van der Waals surface area contributed by atoms with Crippen LogP contribution in [0.4, 0.5) is 18.9 Å². The molecule has 1 aromatic rings. The lowest BCUT2D eigenvalue weighted by Gasteiger charge is -2.28. The predicted octanol–water partition coefficient (Wildman–Crippen LogP) is 3.34. The van der Waals surface area contributed by atoms with E-state index in [0.717, 1.165) is 0 Å². The molecule has 0 saturated carbocycles. The Morgan fingerprint density at radius 3 is 2.29 bits per heavy atom. The number of carbonyl (C=O) groups excluding carboxylic acids is 1. The molecule has 0 aliphatic carbocycles. The summed E-state index contributed by atoms with van der Waals surface area (Å²) >= 11 is 0. The zero-order valence-electron chi connectivity index (χ0n) is 14.0. The Hall–Kier alpha value is -1.96. The number of methoxy groups -OCH3 is 1. The molecular formula is C16H23F3N2O3. The third-order valence-electron chi connectivity index (χ3n) is 4.04. The second kappa shape index (κ2) is 8.23. The molecule has 1 amide bonds. The standard InChI is InChI=1S/C16H23F3N2O3/c1-4-15(5-2,9-20)14(22)21-11-6-7-12(23-3)13(8-11)24-10-16(17,18)19/h6-8H,4-5,9-10,20H2,1-3H3,(H,21,22). The van der Waals surface area contributed by atoms with E-state index in [1.807, 2.05) is 13.8 Å². The Morgan fingerprint density at radius 1 is 1.21 bits per heavy atom. The number of anilines is 1. The van der Waals surface area contributed by atoms with Crippen molar-refractivity contribution in [3.63, 3.8) is 0 Å². The van der Waals surface area contributed by atoms with Crippen LogP contribution in [0, 0.1) is 5.41 Å². The number of carbonyl (C=O) groups is 1. The molecule has 1 rings (SSSR count). The highest BCUT2D eigenvalue weighted by Gasteiger charge is 2.33. The number of halogens is 3. The molecule has 24 heavy (non-hydrogen) atoms. The number of benzene rings is 1. The molecule has 0 bridgehead atoms. The van der Waals surface area contributed by atoms with E-state index in [1.165, 1.54) is 25.3 Å². The lowest BCUT2D eigenvalue weighted by atomic mass is 9.81. The summed E-state index contributed by atoms with van der Waals surface area (Å²) in [6.45, 7) is 2.46. The van der Waals surface area contributed by atoms with Gasteiger partial charge in [-0.3, -0.25) is 4.79 Å².